The number of aromatic nitrogens is 1. The number of para-hydroxylation sites is 1. The predicted octanol–water partition coefficient (Wildman–Crippen LogP) is 3.25. The molecule has 2 aromatic carbocycles. The van der Waals surface area contributed by atoms with Crippen LogP contribution in [0.3, 0.4) is 0 Å². The fourth-order valence-corrected chi connectivity index (χ4v) is 3.56. The number of nitrogens with one attached hydrogen (secondary N) is 2. The number of fused-ring (bicyclic) bond motifs is 3. The molecule has 2 unspecified atom stereocenters. The summed E-state index contributed by atoms with van der Waals surface area (Å²) in [5.74, 6) is -0.766. The number of carboxylic acid groups (broad SMARTS) is 1. The summed E-state index contributed by atoms with van der Waals surface area (Å²) in [7, 11) is 0. The van der Waals surface area contributed by atoms with E-state index >= 15 is 0 Å². The highest BCUT2D eigenvalue weighted by atomic mass is 16.4. The second-order valence-corrected chi connectivity index (χ2v) is 6.07. The average molecular weight is 306 g/mol. The van der Waals surface area contributed by atoms with Crippen LogP contribution in [0, 0.1) is 0 Å². The van der Waals surface area contributed by atoms with Gasteiger partial charge in [-0.2, -0.15) is 0 Å². The maximum Gasteiger partial charge on any atom is 0.304 e. The minimum Gasteiger partial charge on any atom is -0.481 e. The van der Waals surface area contributed by atoms with Gasteiger partial charge in [-0.3, -0.25) is 4.79 Å². The van der Waals surface area contributed by atoms with Crippen molar-refractivity contribution in [3.05, 3.63) is 71.4 Å². The fraction of sp³-hybridized carbons (Fsp3) is 0.211. The van der Waals surface area contributed by atoms with Crippen LogP contribution in [0.5, 0.6) is 0 Å². The van der Waals surface area contributed by atoms with Crippen molar-refractivity contribution < 1.29 is 9.90 Å². The van der Waals surface area contributed by atoms with Crippen molar-refractivity contribution in [1.29, 1.82) is 0 Å². The van der Waals surface area contributed by atoms with E-state index in [1.165, 1.54) is 10.9 Å². The summed E-state index contributed by atoms with van der Waals surface area (Å²) in [6, 6.07) is 18.3. The molecule has 0 radical (unpaired) electrons. The van der Waals surface area contributed by atoms with E-state index in [1.54, 1.807) is 0 Å². The molecule has 4 rings (SSSR count). The predicted molar refractivity (Wildman–Crippen MR) is 89.5 cm³/mol. The van der Waals surface area contributed by atoms with Gasteiger partial charge in [0.1, 0.15) is 0 Å². The van der Waals surface area contributed by atoms with Gasteiger partial charge in [-0.1, -0.05) is 48.5 Å². The molecule has 116 valence electrons. The highest BCUT2D eigenvalue weighted by molar-refractivity contribution is 5.85. The first-order valence-corrected chi connectivity index (χ1v) is 7.84. The van der Waals surface area contributed by atoms with Crippen molar-refractivity contribution in [1.82, 2.24) is 10.3 Å². The smallest absolute Gasteiger partial charge is 0.304 e. The molecule has 0 aliphatic carbocycles. The van der Waals surface area contributed by atoms with Crippen molar-refractivity contribution >= 4 is 16.9 Å². The number of H-pyrrole nitrogens is 1. The molecule has 1 aromatic heterocycles. The minimum atomic E-state index is -0.766. The van der Waals surface area contributed by atoms with Crippen LogP contribution in [0.15, 0.2) is 54.6 Å². The van der Waals surface area contributed by atoms with Gasteiger partial charge in [0, 0.05) is 22.6 Å². The molecule has 1 aliphatic heterocycles. The maximum atomic E-state index is 11.2. The molecule has 3 aromatic rings. The largest absolute Gasteiger partial charge is 0.481 e. The third-order valence-corrected chi connectivity index (χ3v) is 4.54. The summed E-state index contributed by atoms with van der Waals surface area (Å²) in [6.07, 6.45) is 0.858. The monoisotopic (exact) mass is 306 g/mol. The number of carboxylic acids is 1. The van der Waals surface area contributed by atoms with Crippen LogP contribution in [0.1, 0.15) is 29.3 Å². The Morgan fingerprint density at radius 1 is 1.09 bits per heavy atom. The Balaban J connectivity index is 1.84. The molecule has 1 aliphatic rings. The lowest BCUT2D eigenvalue weighted by Crippen LogP contribution is -2.41. The Morgan fingerprint density at radius 2 is 1.83 bits per heavy atom. The molecular weight excluding hydrogens is 288 g/mol. The summed E-state index contributed by atoms with van der Waals surface area (Å²) >= 11 is 0. The van der Waals surface area contributed by atoms with Gasteiger partial charge in [-0.05, 0) is 23.6 Å². The average Bonchev–Trinajstić information content (AvgIpc) is 2.93. The van der Waals surface area contributed by atoms with Crippen LogP contribution in [0.25, 0.3) is 10.9 Å². The van der Waals surface area contributed by atoms with E-state index < -0.39 is 5.97 Å². The molecule has 4 nitrogen and oxygen atoms in total. The van der Waals surface area contributed by atoms with Crippen molar-refractivity contribution in [2.75, 3.05) is 0 Å². The minimum absolute atomic E-state index is 0.00306. The number of carbonyl (C=O) groups is 1. The molecule has 0 saturated heterocycles. The number of rotatable bonds is 3. The van der Waals surface area contributed by atoms with E-state index in [-0.39, 0.29) is 18.5 Å². The molecule has 23 heavy (non-hydrogen) atoms. The maximum absolute atomic E-state index is 11.2. The highest BCUT2D eigenvalue weighted by Crippen LogP contribution is 2.35. The summed E-state index contributed by atoms with van der Waals surface area (Å²) < 4.78 is 0. The van der Waals surface area contributed by atoms with Gasteiger partial charge >= 0.3 is 5.97 Å². The second kappa shape index (κ2) is 5.56. The quantitative estimate of drug-likeness (QED) is 0.696. The first-order valence-electron chi connectivity index (χ1n) is 7.84. The molecule has 0 spiro atoms. The van der Waals surface area contributed by atoms with Gasteiger partial charge in [-0.25, -0.2) is 0 Å². The highest BCUT2D eigenvalue weighted by Gasteiger charge is 2.31. The summed E-state index contributed by atoms with van der Waals surface area (Å²) in [4.78, 5) is 14.7. The van der Waals surface area contributed by atoms with Gasteiger partial charge in [0.2, 0.25) is 0 Å². The lowest BCUT2D eigenvalue weighted by molar-refractivity contribution is -0.137. The van der Waals surface area contributed by atoms with E-state index in [2.05, 4.69) is 34.6 Å². The molecule has 3 N–H and O–H groups in total. The van der Waals surface area contributed by atoms with Gasteiger partial charge in [-0.15, -0.1) is 0 Å². The zero-order valence-corrected chi connectivity index (χ0v) is 12.6. The van der Waals surface area contributed by atoms with Crippen molar-refractivity contribution in [3.63, 3.8) is 0 Å². The SMILES string of the molecule is O=C(O)CC1Cc2c([nH]c3ccccc23)C(c2ccccc2)N1. The summed E-state index contributed by atoms with van der Waals surface area (Å²) in [5, 5.41) is 13.9. The van der Waals surface area contributed by atoms with Crippen LogP contribution in [-0.2, 0) is 11.2 Å². The van der Waals surface area contributed by atoms with E-state index in [0.29, 0.717) is 0 Å². The summed E-state index contributed by atoms with van der Waals surface area (Å²) in [5.41, 5.74) is 4.64. The van der Waals surface area contributed by atoms with Gasteiger partial charge in [0.25, 0.3) is 0 Å². The molecule has 0 saturated carbocycles. The second-order valence-electron chi connectivity index (χ2n) is 6.07. The lowest BCUT2D eigenvalue weighted by atomic mass is 9.89. The molecule has 2 atom stereocenters. The fourth-order valence-electron chi connectivity index (χ4n) is 3.56. The van der Waals surface area contributed by atoms with Crippen LogP contribution in [0.2, 0.25) is 0 Å². The lowest BCUT2D eigenvalue weighted by Gasteiger charge is -2.31. The number of aromatic amines is 1. The van der Waals surface area contributed by atoms with Gasteiger partial charge < -0.3 is 15.4 Å². The molecule has 0 bridgehead atoms. The third kappa shape index (κ3) is 2.51. The Morgan fingerprint density at radius 3 is 2.61 bits per heavy atom. The molecule has 0 amide bonds. The number of benzene rings is 2. The van der Waals surface area contributed by atoms with E-state index in [4.69, 9.17) is 0 Å². The van der Waals surface area contributed by atoms with Gasteiger partial charge in [0.15, 0.2) is 0 Å². The Labute approximate surface area is 134 Å². The molecule has 2 heterocycles. The van der Waals surface area contributed by atoms with Crippen molar-refractivity contribution in [2.24, 2.45) is 0 Å². The molecule has 4 heteroatoms. The standard InChI is InChI=1S/C19H18N2O2/c22-17(23)11-13-10-15-14-8-4-5-9-16(14)21-19(15)18(20-13)12-6-2-1-3-7-12/h1-9,13,18,20-21H,10-11H2,(H,22,23). The topological polar surface area (TPSA) is 65.1 Å². The Hall–Kier alpha value is -2.59. The van der Waals surface area contributed by atoms with Crippen LogP contribution in [0.4, 0.5) is 0 Å². The number of aliphatic carboxylic acids is 1. The first kappa shape index (κ1) is 14.0. The number of hydrogen-bond donors (Lipinski definition) is 3. The van der Waals surface area contributed by atoms with E-state index in [1.807, 2.05) is 30.3 Å². The zero-order chi connectivity index (χ0) is 15.8. The van der Waals surface area contributed by atoms with Crippen LogP contribution in [-0.4, -0.2) is 22.1 Å². The van der Waals surface area contributed by atoms with E-state index in [0.717, 1.165) is 23.2 Å². The van der Waals surface area contributed by atoms with Crippen LogP contribution >= 0.6 is 0 Å². The normalized spacial score (nSPS) is 20.3. The zero-order valence-electron chi connectivity index (χ0n) is 12.6. The summed E-state index contributed by atoms with van der Waals surface area (Å²) in [6.45, 7) is 0. The van der Waals surface area contributed by atoms with Crippen LogP contribution < -0.4 is 5.32 Å². The van der Waals surface area contributed by atoms with Crippen molar-refractivity contribution in [3.8, 4) is 0 Å². The molecule has 0 fully saturated rings. The Bertz CT molecular complexity index is 854. The third-order valence-electron chi connectivity index (χ3n) is 4.54. The van der Waals surface area contributed by atoms with Gasteiger partial charge in [0.05, 0.1) is 12.5 Å². The first-order chi connectivity index (χ1) is 11.2. The Kier molecular flexibility index (Phi) is 3.39. The number of hydrogen-bond acceptors (Lipinski definition) is 2. The molecular formula is C19H18N2O2. The van der Waals surface area contributed by atoms with Crippen molar-refractivity contribution in [2.45, 2.75) is 24.9 Å². The van der Waals surface area contributed by atoms with E-state index in [9.17, 15) is 9.90 Å².